The quantitative estimate of drug-likeness (QED) is 0.737. The molecule has 24 heavy (non-hydrogen) atoms. The zero-order valence-corrected chi connectivity index (χ0v) is 15.0. The van der Waals surface area contributed by atoms with Gasteiger partial charge >= 0.3 is 0 Å². The van der Waals surface area contributed by atoms with E-state index in [-0.39, 0.29) is 12.5 Å². The number of hydrogen-bond donors (Lipinski definition) is 2. The summed E-state index contributed by atoms with van der Waals surface area (Å²) in [7, 11) is 0. The van der Waals surface area contributed by atoms with Gasteiger partial charge < -0.3 is 15.4 Å². The molecule has 0 aliphatic carbocycles. The molecular formula is C18H20Cl2N2O2. The number of carbonyl (C=O) groups is 1. The summed E-state index contributed by atoms with van der Waals surface area (Å²) in [6, 6.07) is 12.9. The number of carbonyl (C=O) groups excluding carboxylic acids is 1. The second kappa shape index (κ2) is 9.40. The van der Waals surface area contributed by atoms with Crippen molar-refractivity contribution in [2.75, 3.05) is 25.0 Å². The van der Waals surface area contributed by atoms with Crippen molar-refractivity contribution in [3.63, 3.8) is 0 Å². The fourth-order valence-electron chi connectivity index (χ4n) is 2.14. The summed E-state index contributed by atoms with van der Waals surface area (Å²) in [6.45, 7) is 3.30. The third-order valence-corrected chi connectivity index (χ3v) is 3.94. The zero-order valence-electron chi connectivity index (χ0n) is 13.4. The summed E-state index contributed by atoms with van der Waals surface area (Å²) in [5.74, 6) is 0.737. The van der Waals surface area contributed by atoms with E-state index in [1.165, 1.54) is 0 Å². The molecule has 0 heterocycles. The van der Waals surface area contributed by atoms with Crippen LogP contribution in [0.3, 0.4) is 0 Å². The van der Waals surface area contributed by atoms with Crippen molar-refractivity contribution < 1.29 is 9.53 Å². The summed E-state index contributed by atoms with van der Waals surface area (Å²) in [5.41, 5.74) is 1.83. The molecule has 0 aliphatic heterocycles. The van der Waals surface area contributed by atoms with Crippen molar-refractivity contribution in [1.29, 1.82) is 0 Å². The maximum atomic E-state index is 11.9. The van der Waals surface area contributed by atoms with E-state index >= 15 is 0 Å². The number of halogens is 2. The van der Waals surface area contributed by atoms with Crippen molar-refractivity contribution in [3.05, 3.63) is 58.1 Å². The number of benzene rings is 2. The van der Waals surface area contributed by atoms with Crippen molar-refractivity contribution in [3.8, 4) is 5.75 Å². The molecule has 0 atom stereocenters. The average Bonchev–Trinajstić information content (AvgIpc) is 2.56. The Balaban J connectivity index is 1.71. The minimum Gasteiger partial charge on any atom is -0.494 e. The molecule has 2 N–H and O–H groups in total. The van der Waals surface area contributed by atoms with Gasteiger partial charge in [0.15, 0.2) is 0 Å². The van der Waals surface area contributed by atoms with Crippen LogP contribution in [0.2, 0.25) is 10.0 Å². The lowest BCUT2D eigenvalue weighted by Gasteiger charge is -2.09. The summed E-state index contributed by atoms with van der Waals surface area (Å²) in [4.78, 5) is 11.9. The lowest BCUT2D eigenvalue weighted by Crippen LogP contribution is -2.31. The molecule has 0 saturated heterocycles. The van der Waals surface area contributed by atoms with E-state index in [1.54, 1.807) is 12.1 Å². The van der Waals surface area contributed by atoms with Gasteiger partial charge in [0.2, 0.25) is 5.91 Å². The highest BCUT2D eigenvalue weighted by molar-refractivity contribution is 6.35. The van der Waals surface area contributed by atoms with E-state index in [0.29, 0.717) is 29.6 Å². The van der Waals surface area contributed by atoms with E-state index in [1.807, 2.05) is 37.3 Å². The minimum absolute atomic E-state index is 0.0750. The topological polar surface area (TPSA) is 50.4 Å². The number of ether oxygens (including phenoxy) is 1. The van der Waals surface area contributed by atoms with Gasteiger partial charge in [0.05, 0.1) is 13.2 Å². The Morgan fingerprint density at radius 3 is 2.54 bits per heavy atom. The Bertz CT molecular complexity index is 675. The highest BCUT2D eigenvalue weighted by atomic mass is 35.5. The molecule has 2 aromatic carbocycles. The van der Waals surface area contributed by atoms with E-state index in [4.69, 9.17) is 27.9 Å². The predicted octanol–water partition coefficient (Wildman–Crippen LogP) is 4.16. The highest BCUT2D eigenvalue weighted by Crippen LogP contribution is 2.21. The fraction of sp³-hybridized carbons (Fsp3) is 0.278. The van der Waals surface area contributed by atoms with Crippen LogP contribution in [0.25, 0.3) is 0 Å². The SMILES string of the molecule is CCOc1ccc(NCC(=O)NCCc2ccc(Cl)cc2Cl)cc1. The van der Waals surface area contributed by atoms with Gasteiger partial charge in [-0.15, -0.1) is 0 Å². The van der Waals surface area contributed by atoms with Gasteiger partial charge in [0.1, 0.15) is 5.75 Å². The van der Waals surface area contributed by atoms with Gasteiger partial charge in [-0.2, -0.15) is 0 Å². The molecule has 6 heteroatoms. The Morgan fingerprint density at radius 1 is 1.12 bits per heavy atom. The summed E-state index contributed by atoms with van der Waals surface area (Å²) in [5, 5.41) is 7.15. The molecule has 0 spiro atoms. The standard InChI is InChI=1S/C18H20Cl2N2O2/c1-2-24-16-7-5-15(6-8-16)22-12-18(23)21-10-9-13-3-4-14(19)11-17(13)20/h3-8,11,22H,2,9-10,12H2,1H3,(H,21,23). The van der Waals surface area contributed by atoms with Gasteiger partial charge in [-0.3, -0.25) is 4.79 Å². The monoisotopic (exact) mass is 366 g/mol. The number of hydrogen-bond acceptors (Lipinski definition) is 3. The van der Waals surface area contributed by atoms with Crippen molar-refractivity contribution >= 4 is 34.8 Å². The molecular weight excluding hydrogens is 347 g/mol. The third kappa shape index (κ3) is 5.95. The van der Waals surface area contributed by atoms with Gasteiger partial charge in [0.25, 0.3) is 0 Å². The van der Waals surface area contributed by atoms with Crippen LogP contribution < -0.4 is 15.4 Å². The fourth-order valence-corrected chi connectivity index (χ4v) is 2.64. The average molecular weight is 367 g/mol. The molecule has 0 fully saturated rings. The number of rotatable bonds is 8. The Hall–Kier alpha value is -1.91. The molecule has 2 aromatic rings. The van der Waals surface area contributed by atoms with Crippen molar-refractivity contribution in [2.45, 2.75) is 13.3 Å². The van der Waals surface area contributed by atoms with Gasteiger partial charge in [-0.1, -0.05) is 29.3 Å². The maximum Gasteiger partial charge on any atom is 0.239 e. The van der Waals surface area contributed by atoms with E-state index in [9.17, 15) is 4.79 Å². The van der Waals surface area contributed by atoms with E-state index < -0.39 is 0 Å². The van der Waals surface area contributed by atoms with Crippen molar-refractivity contribution in [1.82, 2.24) is 5.32 Å². The summed E-state index contributed by atoms with van der Waals surface area (Å²) < 4.78 is 5.37. The van der Waals surface area contributed by atoms with Gasteiger partial charge in [-0.25, -0.2) is 0 Å². The maximum absolute atomic E-state index is 11.9. The first kappa shape index (κ1) is 18.4. The zero-order chi connectivity index (χ0) is 17.4. The second-order valence-corrected chi connectivity index (χ2v) is 5.99. The van der Waals surface area contributed by atoms with E-state index in [2.05, 4.69) is 10.6 Å². The van der Waals surface area contributed by atoms with Crippen LogP contribution >= 0.6 is 23.2 Å². The summed E-state index contributed by atoms with van der Waals surface area (Å²) in [6.07, 6.45) is 0.658. The third-order valence-electron chi connectivity index (χ3n) is 3.35. The number of amides is 1. The summed E-state index contributed by atoms with van der Waals surface area (Å²) >= 11 is 12.0. The smallest absolute Gasteiger partial charge is 0.239 e. The molecule has 0 unspecified atom stereocenters. The molecule has 0 aliphatic rings. The lowest BCUT2D eigenvalue weighted by atomic mass is 10.1. The molecule has 0 aromatic heterocycles. The van der Waals surface area contributed by atoms with Crippen LogP contribution in [0.1, 0.15) is 12.5 Å². The van der Waals surface area contributed by atoms with Crippen LogP contribution in [0.15, 0.2) is 42.5 Å². The predicted molar refractivity (Wildman–Crippen MR) is 99.3 cm³/mol. The molecule has 2 rings (SSSR count). The molecule has 0 bridgehead atoms. The van der Waals surface area contributed by atoms with E-state index in [0.717, 1.165) is 17.0 Å². The molecule has 4 nitrogen and oxygen atoms in total. The molecule has 0 radical (unpaired) electrons. The second-order valence-electron chi connectivity index (χ2n) is 5.15. The molecule has 0 saturated carbocycles. The van der Waals surface area contributed by atoms with Crippen molar-refractivity contribution in [2.24, 2.45) is 0 Å². The first-order valence-corrected chi connectivity index (χ1v) is 8.51. The molecule has 1 amide bonds. The number of nitrogens with one attached hydrogen (secondary N) is 2. The first-order valence-electron chi connectivity index (χ1n) is 7.76. The van der Waals surface area contributed by atoms with Crippen LogP contribution in [-0.4, -0.2) is 25.6 Å². The Labute approximate surface area is 152 Å². The van der Waals surface area contributed by atoms with Crippen LogP contribution in [0, 0.1) is 0 Å². The van der Waals surface area contributed by atoms with Gasteiger partial charge in [0, 0.05) is 22.3 Å². The Kier molecular flexibility index (Phi) is 7.22. The van der Waals surface area contributed by atoms with Crippen LogP contribution in [0.5, 0.6) is 5.75 Å². The normalized spacial score (nSPS) is 10.3. The minimum atomic E-state index is -0.0750. The highest BCUT2D eigenvalue weighted by Gasteiger charge is 2.04. The Morgan fingerprint density at radius 2 is 1.88 bits per heavy atom. The van der Waals surface area contributed by atoms with Crippen LogP contribution in [-0.2, 0) is 11.2 Å². The van der Waals surface area contributed by atoms with Crippen LogP contribution in [0.4, 0.5) is 5.69 Å². The number of anilines is 1. The molecule has 128 valence electrons. The largest absolute Gasteiger partial charge is 0.494 e. The van der Waals surface area contributed by atoms with Gasteiger partial charge in [-0.05, 0) is 55.3 Å². The lowest BCUT2D eigenvalue weighted by molar-refractivity contribution is -0.119. The first-order chi connectivity index (χ1) is 11.6.